The molecule has 1 aliphatic rings. The molecule has 6 nitrogen and oxygen atoms in total. The Labute approximate surface area is 180 Å². The number of carboxylic acids is 1. The number of pyridine rings is 1. The first kappa shape index (κ1) is 20.8. The topological polar surface area (TPSA) is 108 Å². The number of aromatic nitrogens is 1. The number of aromatic carboxylic acids is 1. The van der Waals surface area contributed by atoms with Crippen molar-refractivity contribution in [3.8, 4) is 17.3 Å². The van der Waals surface area contributed by atoms with Gasteiger partial charge in [-0.1, -0.05) is 24.6 Å². The lowest BCUT2D eigenvalue weighted by atomic mass is 9.80. The summed E-state index contributed by atoms with van der Waals surface area (Å²) >= 11 is 0. The van der Waals surface area contributed by atoms with Gasteiger partial charge in [0.15, 0.2) is 9.84 Å². The van der Waals surface area contributed by atoms with Gasteiger partial charge in [0.1, 0.15) is 0 Å². The van der Waals surface area contributed by atoms with Gasteiger partial charge in [0.05, 0.1) is 33.5 Å². The fourth-order valence-electron chi connectivity index (χ4n) is 3.83. The van der Waals surface area contributed by atoms with Crippen LogP contribution in [0.2, 0.25) is 0 Å². The molecule has 1 aliphatic carbocycles. The van der Waals surface area contributed by atoms with E-state index in [4.69, 9.17) is 0 Å². The summed E-state index contributed by atoms with van der Waals surface area (Å²) in [6.07, 6.45) is 4.42. The van der Waals surface area contributed by atoms with Crippen LogP contribution in [-0.2, 0) is 15.6 Å². The Balaban J connectivity index is 1.82. The lowest BCUT2D eigenvalue weighted by Gasteiger charge is -2.28. The van der Waals surface area contributed by atoms with E-state index in [9.17, 15) is 23.6 Å². The van der Waals surface area contributed by atoms with Crippen molar-refractivity contribution >= 4 is 15.8 Å². The van der Waals surface area contributed by atoms with Gasteiger partial charge in [-0.2, -0.15) is 5.26 Å². The van der Waals surface area contributed by atoms with Crippen molar-refractivity contribution in [1.29, 1.82) is 5.26 Å². The zero-order chi connectivity index (χ0) is 22.0. The van der Waals surface area contributed by atoms with Crippen LogP contribution in [0.1, 0.15) is 52.2 Å². The van der Waals surface area contributed by atoms with Crippen molar-refractivity contribution in [3.05, 3.63) is 83.0 Å². The maximum atomic E-state index is 13.5. The number of hydrogen-bond donors (Lipinski definition) is 1. The third-order valence-electron chi connectivity index (χ3n) is 5.66. The average molecular weight is 433 g/mol. The van der Waals surface area contributed by atoms with Gasteiger partial charge >= 0.3 is 5.97 Å². The Morgan fingerprint density at radius 1 is 1.13 bits per heavy atom. The van der Waals surface area contributed by atoms with Crippen LogP contribution < -0.4 is 0 Å². The fraction of sp³-hybridized carbons (Fsp3) is 0.208. The highest BCUT2D eigenvalue weighted by molar-refractivity contribution is 7.90. The van der Waals surface area contributed by atoms with Crippen molar-refractivity contribution in [1.82, 2.24) is 4.98 Å². The Morgan fingerprint density at radius 3 is 2.55 bits per heavy atom. The number of sulfone groups is 1. The van der Waals surface area contributed by atoms with Gasteiger partial charge in [0.25, 0.3) is 0 Å². The molecule has 31 heavy (non-hydrogen) atoms. The van der Waals surface area contributed by atoms with E-state index < -0.39 is 15.8 Å². The second kappa shape index (κ2) is 8.32. The zero-order valence-corrected chi connectivity index (χ0v) is 17.5. The van der Waals surface area contributed by atoms with Crippen LogP contribution in [0, 0.1) is 11.3 Å². The van der Waals surface area contributed by atoms with Crippen molar-refractivity contribution in [2.75, 3.05) is 0 Å². The van der Waals surface area contributed by atoms with Gasteiger partial charge in [-0.15, -0.1) is 0 Å². The molecule has 0 bridgehead atoms. The van der Waals surface area contributed by atoms with E-state index in [-0.39, 0.29) is 22.1 Å². The summed E-state index contributed by atoms with van der Waals surface area (Å²) in [5, 5.41) is 18.7. The molecular weight excluding hydrogens is 412 g/mol. The predicted octanol–water partition coefficient (Wildman–Crippen LogP) is 4.56. The molecule has 3 aromatic rings. The smallest absolute Gasteiger partial charge is 0.335 e. The molecule has 0 radical (unpaired) electrons. The molecule has 1 saturated carbocycles. The first-order valence-corrected chi connectivity index (χ1v) is 11.6. The minimum absolute atomic E-state index is 0.0580. The largest absolute Gasteiger partial charge is 0.478 e. The normalized spacial score (nSPS) is 13.9. The number of carbonyl (C=O) groups is 1. The standard InChI is InChI=1S/C24H20N2O4S/c25-14-16-7-9-20(22-6-1-2-11-26-22)19(12-16)15-31(29,30)23-13-18(24(27)28)8-10-21(23)17-4-3-5-17/h1-2,6-13,17H,3-5,15H2,(H,27,28). The number of hydrogen-bond acceptors (Lipinski definition) is 5. The second-order valence-corrected chi connectivity index (χ2v) is 9.60. The summed E-state index contributed by atoms with van der Waals surface area (Å²) in [7, 11) is -3.88. The Bertz CT molecular complexity index is 1290. The third kappa shape index (κ3) is 4.21. The molecule has 2 aromatic carbocycles. The molecule has 0 saturated heterocycles. The Morgan fingerprint density at radius 2 is 1.94 bits per heavy atom. The van der Waals surface area contributed by atoms with Gasteiger partial charge in [0.2, 0.25) is 0 Å². The van der Waals surface area contributed by atoms with Crippen LogP contribution in [0.15, 0.2) is 65.7 Å². The molecule has 4 rings (SSSR count). The van der Waals surface area contributed by atoms with Crippen molar-refractivity contribution in [2.45, 2.75) is 35.8 Å². The average Bonchev–Trinajstić information content (AvgIpc) is 2.73. The fourth-order valence-corrected chi connectivity index (χ4v) is 5.53. The van der Waals surface area contributed by atoms with E-state index in [0.717, 1.165) is 19.3 Å². The summed E-state index contributed by atoms with van der Waals surface area (Å²) in [5.41, 5.74) is 2.66. The second-order valence-electron chi connectivity index (χ2n) is 7.64. The molecule has 1 aromatic heterocycles. The molecule has 0 amide bonds. The summed E-state index contributed by atoms with van der Waals surface area (Å²) in [6.45, 7) is 0. The monoisotopic (exact) mass is 432 g/mol. The molecule has 0 aliphatic heterocycles. The minimum atomic E-state index is -3.88. The van der Waals surface area contributed by atoms with E-state index >= 15 is 0 Å². The third-order valence-corrected chi connectivity index (χ3v) is 7.38. The van der Waals surface area contributed by atoms with Crippen LogP contribution in [0.4, 0.5) is 0 Å². The van der Waals surface area contributed by atoms with Crippen molar-refractivity contribution in [3.63, 3.8) is 0 Å². The zero-order valence-electron chi connectivity index (χ0n) is 16.7. The van der Waals surface area contributed by atoms with Gasteiger partial charge in [0, 0.05) is 11.8 Å². The van der Waals surface area contributed by atoms with Crippen LogP contribution >= 0.6 is 0 Å². The Kier molecular flexibility index (Phi) is 5.57. The first-order valence-electron chi connectivity index (χ1n) is 9.93. The number of nitriles is 1. The number of nitrogens with zero attached hydrogens (tertiary/aromatic N) is 2. The minimum Gasteiger partial charge on any atom is -0.478 e. The highest BCUT2D eigenvalue weighted by atomic mass is 32.2. The highest BCUT2D eigenvalue weighted by Crippen LogP contribution is 2.40. The summed E-state index contributed by atoms with van der Waals surface area (Å²) in [6, 6.07) is 16.7. The molecule has 1 N–H and O–H groups in total. The van der Waals surface area contributed by atoms with Crippen LogP contribution in [0.5, 0.6) is 0 Å². The molecule has 0 atom stereocenters. The summed E-state index contributed by atoms with van der Waals surface area (Å²) in [4.78, 5) is 15.9. The maximum Gasteiger partial charge on any atom is 0.335 e. The predicted molar refractivity (Wildman–Crippen MR) is 115 cm³/mol. The molecular formula is C24H20N2O4S. The van der Waals surface area contributed by atoms with Crippen LogP contribution in [-0.4, -0.2) is 24.5 Å². The quantitative estimate of drug-likeness (QED) is 0.612. The van der Waals surface area contributed by atoms with Crippen LogP contribution in [0.25, 0.3) is 11.3 Å². The van der Waals surface area contributed by atoms with Crippen molar-refractivity contribution < 1.29 is 18.3 Å². The van der Waals surface area contributed by atoms with Crippen molar-refractivity contribution in [2.24, 2.45) is 0 Å². The van der Waals surface area contributed by atoms with Gasteiger partial charge in [-0.3, -0.25) is 4.98 Å². The number of rotatable bonds is 6. The molecule has 156 valence electrons. The lowest BCUT2D eigenvalue weighted by Crippen LogP contribution is -2.16. The SMILES string of the molecule is N#Cc1ccc(-c2ccccn2)c(CS(=O)(=O)c2cc(C(=O)O)ccc2C2CCC2)c1. The molecule has 0 spiro atoms. The van der Waals surface area contributed by atoms with Gasteiger partial charge in [-0.05, 0) is 66.3 Å². The van der Waals surface area contributed by atoms with E-state index in [1.165, 1.54) is 12.1 Å². The van der Waals surface area contributed by atoms with E-state index in [1.807, 2.05) is 6.07 Å². The van der Waals surface area contributed by atoms with E-state index in [1.54, 1.807) is 42.6 Å². The maximum absolute atomic E-state index is 13.5. The lowest BCUT2D eigenvalue weighted by molar-refractivity contribution is 0.0696. The van der Waals surface area contributed by atoms with E-state index in [0.29, 0.717) is 27.9 Å². The van der Waals surface area contributed by atoms with Crippen LogP contribution in [0.3, 0.4) is 0 Å². The van der Waals surface area contributed by atoms with Gasteiger partial charge < -0.3 is 5.11 Å². The Hall–Kier alpha value is -3.50. The number of benzene rings is 2. The molecule has 7 heteroatoms. The first-order chi connectivity index (χ1) is 14.9. The summed E-state index contributed by atoms with van der Waals surface area (Å²) in [5.74, 6) is -1.40. The highest BCUT2D eigenvalue weighted by Gasteiger charge is 2.29. The molecule has 0 unspecified atom stereocenters. The molecule has 1 heterocycles. The molecule has 1 fully saturated rings. The number of carboxylic acid groups (broad SMARTS) is 1. The van der Waals surface area contributed by atoms with Gasteiger partial charge in [-0.25, -0.2) is 13.2 Å². The summed E-state index contributed by atoms with van der Waals surface area (Å²) < 4.78 is 27.1. The van der Waals surface area contributed by atoms with E-state index in [2.05, 4.69) is 11.1 Å².